The third-order valence-corrected chi connectivity index (χ3v) is 2.67. The van der Waals surface area contributed by atoms with Gasteiger partial charge in [-0.05, 0) is 38.5 Å². The molecule has 5 heteroatoms. The molecule has 0 radical (unpaired) electrons. The van der Waals surface area contributed by atoms with Crippen molar-refractivity contribution in [2.75, 3.05) is 11.9 Å². The van der Waals surface area contributed by atoms with E-state index in [1.165, 1.54) is 0 Å². The summed E-state index contributed by atoms with van der Waals surface area (Å²) in [7, 11) is 0. The first-order chi connectivity index (χ1) is 9.02. The topological polar surface area (TPSA) is 78.4 Å². The summed E-state index contributed by atoms with van der Waals surface area (Å²) in [5.74, 6) is -0.908. The van der Waals surface area contributed by atoms with Crippen molar-refractivity contribution < 1.29 is 14.7 Å². The molecule has 0 heterocycles. The molecule has 1 unspecified atom stereocenters. The van der Waals surface area contributed by atoms with E-state index < -0.39 is 5.97 Å². The molecule has 1 aromatic carbocycles. The Kier molecular flexibility index (Phi) is 5.85. The number of carbonyl (C=O) groups excluding carboxylic acids is 1. The largest absolute Gasteiger partial charge is 0.481 e. The Bertz CT molecular complexity index is 446. The van der Waals surface area contributed by atoms with E-state index in [1.54, 1.807) is 18.2 Å². The maximum Gasteiger partial charge on any atom is 0.303 e. The number of hydrogen-bond donors (Lipinski definition) is 3. The molecular weight excluding hydrogens is 244 g/mol. The highest BCUT2D eigenvalue weighted by Gasteiger charge is 2.08. The first kappa shape index (κ1) is 15.0. The van der Waals surface area contributed by atoms with Crippen molar-refractivity contribution in [1.29, 1.82) is 0 Å². The van der Waals surface area contributed by atoms with Gasteiger partial charge in [0.2, 0.25) is 0 Å². The van der Waals surface area contributed by atoms with Crippen molar-refractivity contribution in [3.8, 4) is 0 Å². The van der Waals surface area contributed by atoms with Crippen LogP contribution in [0.1, 0.15) is 37.0 Å². The van der Waals surface area contributed by atoms with Gasteiger partial charge in [0, 0.05) is 30.3 Å². The number of carboxylic acids is 1. The van der Waals surface area contributed by atoms with E-state index in [0.29, 0.717) is 18.5 Å². The Balaban J connectivity index is 2.61. The van der Waals surface area contributed by atoms with Gasteiger partial charge < -0.3 is 15.7 Å². The standard InChI is InChI=1S/C14H20N2O3/c1-3-15-14(19)11-5-4-6-12(9-11)16-10(2)7-8-13(17)18/h4-6,9-10,16H,3,7-8H2,1-2H3,(H,15,19)(H,17,18). The molecule has 0 aliphatic heterocycles. The van der Waals surface area contributed by atoms with E-state index in [-0.39, 0.29) is 18.4 Å². The van der Waals surface area contributed by atoms with Crippen LogP contribution in [-0.2, 0) is 4.79 Å². The smallest absolute Gasteiger partial charge is 0.303 e. The molecule has 1 aromatic rings. The molecule has 19 heavy (non-hydrogen) atoms. The van der Waals surface area contributed by atoms with E-state index in [2.05, 4.69) is 10.6 Å². The Morgan fingerprint density at radius 1 is 1.37 bits per heavy atom. The number of anilines is 1. The first-order valence-electron chi connectivity index (χ1n) is 6.39. The van der Waals surface area contributed by atoms with E-state index >= 15 is 0 Å². The summed E-state index contributed by atoms with van der Waals surface area (Å²) in [6, 6.07) is 7.22. The molecule has 0 bridgehead atoms. The molecule has 0 aliphatic carbocycles. The average Bonchev–Trinajstić information content (AvgIpc) is 2.37. The molecule has 1 amide bonds. The van der Waals surface area contributed by atoms with Gasteiger partial charge in [0.25, 0.3) is 5.91 Å². The minimum Gasteiger partial charge on any atom is -0.481 e. The summed E-state index contributed by atoms with van der Waals surface area (Å²) in [6.07, 6.45) is 0.672. The maximum atomic E-state index is 11.7. The third-order valence-electron chi connectivity index (χ3n) is 2.67. The lowest BCUT2D eigenvalue weighted by molar-refractivity contribution is -0.137. The van der Waals surface area contributed by atoms with Gasteiger partial charge in [0.05, 0.1) is 0 Å². The summed E-state index contributed by atoms with van der Waals surface area (Å²) in [5.41, 5.74) is 1.42. The van der Waals surface area contributed by atoms with Gasteiger partial charge >= 0.3 is 5.97 Å². The number of carboxylic acid groups (broad SMARTS) is 1. The molecule has 3 N–H and O–H groups in total. The highest BCUT2D eigenvalue weighted by Crippen LogP contribution is 2.13. The summed E-state index contributed by atoms with van der Waals surface area (Å²) < 4.78 is 0. The van der Waals surface area contributed by atoms with Crippen molar-refractivity contribution in [3.05, 3.63) is 29.8 Å². The molecular formula is C14H20N2O3. The molecule has 1 atom stereocenters. The fourth-order valence-corrected chi connectivity index (χ4v) is 1.71. The number of hydrogen-bond acceptors (Lipinski definition) is 3. The second-order valence-electron chi connectivity index (χ2n) is 4.42. The van der Waals surface area contributed by atoms with E-state index in [0.717, 1.165) is 5.69 Å². The van der Waals surface area contributed by atoms with Crippen LogP contribution in [0, 0.1) is 0 Å². The van der Waals surface area contributed by atoms with Gasteiger partial charge in [-0.1, -0.05) is 6.07 Å². The predicted molar refractivity (Wildman–Crippen MR) is 74.4 cm³/mol. The number of nitrogens with one attached hydrogen (secondary N) is 2. The van der Waals surface area contributed by atoms with Crippen molar-refractivity contribution >= 4 is 17.6 Å². The van der Waals surface area contributed by atoms with Gasteiger partial charge in [0.15, 0.2) is 0 Å². The lowest BCUT2D eigenvalue weighted by Crippen LogP contribution is -2.23. The molecule has 104 valence electrons. The molecule has 0 fully saturated rings. The Morgan fingerprint density at radius 3 is 2.74 bits per heavy atom. The zero-order valence-corrected chi connectivity index (χ0v) is 11.3. The van der Waals surface area contributed by atoms with E-state index in [4.69, 9.17) is 5.11 Å². The lowest BCUT2D eigenvalue weighted by Gasteiger charge is -2.15. The Labute approximate surface area is 113 Å². The molecule has 0 aromatic heterocycles. The van der Waals surface area contributed by atoms with Gasteiger partial charge in [-0.3, -0.25) is 9.59 Å². The number of rotatable bonds is 7. The zero-order chi connectivity index (χ0) is 14.3. The highest BCUT2D eigenvalue weighted by atomic mass is 16.4. The lowest BCUT2D eigenvalue weighted by atomic mass is 10.1. The van der Waals surface area contributed by atoms with Crippen LogP contribution in [0.25, 0.3) is 0 Å². The average molecular weight is 264 g/mol. The molecule has 0 saturated carbocycles. The van der Waals surface area contributed by atoms with Crippen LogP contribution in [0.5, 0.6) is 0 Å². The van der Waals surface area contributed by atoms with Crippen molar-refractivity contribution in [2.45, 2.75) is 32.7 Å². The van der Waals surface area contributed by atoms with Crippen molar-refractivity contribution in [1.82, 2.24) is 5.32 Å². The third kappa shape index (κ3) is 5.42. The second-order valence-corrected chi connectivity index (χ2v) is 4.42. The van der Waals surface area contributed by atoms with Gasteiger partial charge in [-0.2, -0.15) is 0 Å². The van der Waals surface area contributed by atoms with Crippen LogP contribution >= 0.6 is 0 Å². The second kappa shape index (κ2) is 7.41. The first-order valence-corrected chi connectivity index (χ1v) is 6.39. The minimum atomic E-state index is -0.801. The molecule has 0 aliphatic rings. The Hall–Kier alpha value is -2.04. The number of amides is 1. The SMILES string of the molecule is CCNC(=O)c1cccc(NC(C)CCC(=O)O)c1. The van der Waals surface area contributed by atoms with Crippen molar-refractivity contribution in [3.63, 3.8) is 0 Å². The summed E-state index contributed by atoms with van der Waals surface area (Å²) in [4.78, 5) is 22.2. The summed E-state index contributed by atoms with van der Waals surface area (Å²) >= 11 is 0. The highest BCUT2D eigenvalue weighted by molar-refractivity contribution is 5.95. The molecule has 1 rings (SSSR count). The van der Waals surface area contributed by atoms with Crippen LogP contribution in [0.3, 0.4) is 0 Å². The zero-order valence-electron chi connectivity index (χ0n) is 11.3. The number of carbonyl (C=O) groups is 2. The van der Waals surface area contributed by atoms with Crippen LogP contribution in [0.4, 0.5) is 5.69 Å². The maximum absolute atomic E-state index is 11.7. The van der Waals surface area contributed by atoms with E-state index in [1.807, 2.05) is 19.9 Å². The quantitative estimate of drug-likeness (QED) is 0.704. The molecule has 5 nitrogen and oxygen atoms in total. The molecule has 0 spiro atoms. The van der Waals surface area contributed by atoms with Crippen LogP contribution in [0.15, 0.2) is 24.3 Å². The summed E-state index contributed by atoms with van der Waals surface area (Å²) in [6.45, 7) is 4.38. The normalized spacial score (nSPS) is 11.7. The van der Waals surface area contributed by atoms with Crippen LogP contribution in [-0.4, -0.2) is 29.6 Å². The van der Waals surface area contributed by atoms with Gasteiger partial charge in [-0.15, -0.1) is 0 Å². The van der Waals surface area contributed by atoms with Gasteiger partial charge in [-0.25, -0.2) is 0 Å². The monoisotopic (exact) mass is 264 g/mol. The van der Waals surface area contributed by atoms with Gasteiger partial charge in [0.1, 0.15) is 0 Å². The van der Waals surface area contributed by atoms with Crippen molar-refractivity contribution in [2.24, 2.45) is 0 Å². The fraction of sp³-hybridized carbons (Fsp3) is 0.429. The minimum absolute atomic E-state index is 0.0422. The van der Waals surface area contributed by atoms with E-state index in [9.17, 15) is 9.59 Å². The summed E-state index contributed by atoms with van der Waals surface area (Å²) in [5, 5.41) is 14.6. The number of aliphatic carboxylic acids is 1. The molecule has 0 saturated heterocycles. The predicted octanol–water partition coefficient (Wildman–Crippen LogP) is 2.10. The van der Waals surface area contributed by atoms with Crippen LogP contribution < -0.4 is 10.6 Å². The van der Waals surface area contributed by atoms with Crippen LogP contribution in [0.2, 0.25) is 0 Å². The fourth-order valence-electron chi connectivity index (χ4n) is 1.71. The number of benzene rings is 1. The Morgan fingerprint density at radius 2 is 2.11 bits per heavy atom.